The minimum absolute atomic E-state index is 0.173. The van der Waals surface area contributed by atoms with Gasteiger partial charge in [0, 0.05) is 12.6 Å². The number of amides is 1. The van der Waals surface area contributed by atoms with Gasteiger partial charge in [-0.15, -0.1) is 0 Å². The second kappa shape index (κ2) is 4.62. The number of rotatable bonds is 1. The summed E-state index contributed by atoms with van der Waals surface area (Å²) in [6.07, 6.45) is -4.39. The lowest BCUT2D eigenvalue weighted by Gasteiger charge is -2.22. The van der Waals surface area contributed by atoms with Gasteiger partial charge in [-0.1, -0.05) is 30.3 Å². The smallest absolute Gasteiger partial charge is 0.331 e. The molecule has 1 aliphatic heterocycles. The van der Waals surface area contributed by atoms with Gasteiger partial charge >= 0.3 is 6.18 Å². The molecule has 0 spiro atoms. The summed E-state index contributed by atoms with van der Waals surface area (Å²) < 4.78 is 38.5. The summed E-state index contributed by atoms with van der Waals surface area (Å²) in [7, 11) is 1.60. The Kier molecular flexibility index (Phi) is 3.01. The number of alkyl halides is 3. The molecule has 0 aromatic heterocycles. The van der Waals surface area contributed by atoms with E-state index in [9.17, 15) is 18.0 Å². The number of carbonyl (C=O) groups excluding carboxylic acids is 1. The van der Waals surface area contributed by atoms with Crippen LogP contribution in [0.4, 0.5) is 13.2 Å². The van der Waals surface area contributed by atoms with Crippen LogP contribution in [-0.2, 0) is 6.18 Å². The highest BCUT2D eigenvalue weighted by molar-refractivity contribution is 5.99. The van der Waals surface area contributed by atoms with Crippen molar-refractivity contribution in [3.05, 3.63) is 70.8 Å². The fourth-order valence-electron chi connectivity index (χ4n) is 2.73. The molecule has 0 N–H and O–H groups in total. The number of halogens is 3. The van der Waals surface area contributed by atoms with E-state index in [4.69, 9.17) is 0 Å². The van der Waals surface area contributed by atoms with Crippen molar-refractivity contribution in [1.82, 2.24) is 4.90 Å². The van der Waals surface area contributed by atoms with E-state index in [1.54, 1.807) is 37.4 Å². The van der Waals surface area contributed by atoms with Crippen molar-refractivity contribution in [2.45, 2.75) is 12.2 Å². The molecule has 1 amide bonds. The first kappa shape index (κ1) is 13.7. The number of hydrogen-bond acceptors (Lipinski definition) is 1. The standard InChI is InChI=1S/C16H12F3NO/c1-20-14(12-7-2-3-8-13(12)15(20)21)10-5-4-6-11(9-10)16(17,18)19/h2-9,14H,1H3. The molecule has 2 aromatic carbocycles. The maximum absolute atomic E-state index is 12.8. The number of benzene rings is 2. The molecule has 3 rings (SSSR count). The van der Waals surface area contributed by atoms with Gasteiger partial charge in [0.1, 0.15) is 0 Å². The molecule has 1 heterocycles. The van der Waals surface area contributed by atoms with E-state index in [-0.39, 0.29) is 5.91 Å². The number of nitrogens with zero attached hydrogens (tertiary/aromatic N) is 1. The summed E-state index contributed by atoms with van der Waals surface area (Å²) in [6, 6.07) is 11.7. The van der Waals surface area contributed by atoms with Gasteiger partial charge in [-0.25, -0.2) is 0 Å². The van der Waals surface area contributed by atoms with Crippen LogP contribution in [0.25, 0.3) is 0 Å². The molecule has 1 aliphatic rings. The van der Waals surface area contributed by atoms with E-state index >= 15 is 0 Å². The highest BCUT2D eigenvalue weighted by Gasteiger charge is 2.36. The highest BCUT2D eigenvalue weighted by atomic mass is 19.4. The van der Waals surface area contributed by atoms with Crippen LogP contribution in [0.1, 0.15) is 33.1 Å². The zero-order valence-corrected chi connectivity index (χ0v) is 11.2. The van der Waals surface area contributed by atoms with Gasteiger partial charge in [0.25, 0.3) is 5.91 Å². The van der Waals surface area contributed by atoms with Gasteiger partial charge in [-0.2, -0.15) is 13.2 Å². The van der Waals surface area contributed by atoms with Crippen LogP contribution in [-0.4, -0.2) is 17.9 Å². The summed E-state index contributed by atoms with van der Waals surface area (Å²) >= 11 is 0. The molecule has 2 aromatic rings. The zero-order chi connectivity index (χ0) is 15.2. The van der Waals surface area contributed by atoms with E-state index in [1.807, 2.05) is 0 Å². The van der Waals surface area contributed by atoms with Gasteiger partial charge in [-0.05, 0) is 29.3 Å². The molecule has 1 unspecified atom stereocenters. The largest absolute Gasteiger partial charge is 0.416 e. The molecule has 0 radical (unpaired) electrons. The Balaban J connectivity index is 2.11. The Morgan fingerprint density at radius 1 is 1.05 bits per heavy atom. The normalized spacial score (nSPS) is 18.0. The highest BCUT2D eigenvalue weighted by Crippen LogP contribution is 2.39. The molecule has 0 saturated carbocycles. The number of hydrogen-bond donors (Lipinski definition) is 0. The summed E-state index contributed by atoms with van der Waals surface area (Å²) in [5.41, 5.74) is 1.04. The topological polar surface area (TPSA) is 20.3 Å². The lowest BCUT2D eigenvalue weighted by molar-refractivity contribution is -0.137. The first-order chi connectivity index (χ1) is 9.89. The fourth-order valence-corrected chi connectivity index (χ4v) is 2.73. The van der Waals surface area contributed by atoms with E-state index in [0.29, 0.717) is 11.1 Å². The molecule has 0 aliphatic carbocycles. The Labute approximate surface area is 119 Å². The molecule has 0 bridgehead atoms. The van der Waals surface area contributed by atoms with E-state index in [0.717, 1.165) is 17.7 Å². The fraction of sp³-hybridized carbons (Fsp3) is 0.188. The van der Waals surface area contributed by atoms with Gasteiger partial charge in [0.05, 0.1) is 11.6 Å². The van der Waals surface area contributed by atoms with Crippen LogP contribution in [0.3, 0.4) is 0 Å². The first-order valence-corrected chi connectivity index (χ1v) is 6.43. The summed E-state index contributed by atoms with van der Waals surface area (Å²) in [5.74, 6) is -0.173. The molecule has 0 saturated heterocycles. The minimum Gasteiger partial charge on any atom is -0.331 e. The van der Waals surface area contributed by atoms with Crippen molar-refractivity contribution in [3.63, 3.8) is 0 Å². The molecule has 1 atom stereocenters. The van der Waals surface area contributed by atoms with Crippen LogP contribution >= 0.6 is 0 Å². The maximum atomic E-state index is 12.8. The number of carbonyl (C=O) groups is 1. The Hall–Kier alpha value is -2.30. The minimum atomic E-state index is -4.39. The van der Waals surface area contributed by atoms with Crippen LogP contribution in [0, 0.1) is 0 Å². The monoisotopic (exact) mass is 291 g/mol. The molecule has 2 nitrogen and oxygen atoms in total. The Bertz CT molecular complexity index is 709. The quantitative estimate of drug-likeness (QED) is 0.781. The molecule has 5 heteroatoms. The summed E-state index contributed by atoms with van der Waals surface area (Å²) in [5, 5.41) is 0. The number of fused-ring (bicyclic) bond motifs is 1. The van der Waals surface area contributed by atoms with Gasteiger partial charge in [0.2, 0.25) is 0 Å². The third kappa shape index (κ3) is 2.18. The van der Waals surface area contributed by atoms with Crippen molar-refractivity contribution in [1.29, 1.82) is 0 Å². The van der Waals surface area contributed by atoms with Crippen molar-refractivity contribution >= 4 is 5.91 Å². The van der Waals surface area contributed by atoms with Crippen LogP contribution < -0.4 is 0 Å². The predicted molar refractivity (Wildman–Crippen MR) is 71.8 cm³/mol. The third-order valence-electron chi connectivity index (χ3n) is 3.72. The lowest BCUT2D eigenvalue weighted by atomic mass is 9.96. The molecular weight excluding hydrogens is 279 g/mol. The van der Waals surface area contributed by atoms with Gasteiger partial charge in [-0.3, -0.25) is 4.79 Å². The van der Waals surface area contributed by atoms with Crippen molar-refractivity contribution in [3.8, 4) is 0 Å². The van der Waals surface area contributed by atoms with Crippen LogP contribution in [0.15, 0.2) is 48.5 Å². The molecule has 108 valence electrons. The second-order valence-electron chi connectivity index (χ2n) is 5.03. The Morgan fingerprint density at radius 3 is 2.48 bits per heavy atom. The second-order valence-corrected chi connectivity index (χ2v) is 5.03. The van der Waals surface area contributed by atoms with Gasteiger partial charge in [0.15, 0.2) is 0 Å². The first-order valence-electron chi connectivity index (χ1n) is 6.43. The molecule has 21 heavy (non-hydrogen) atoms. The zero-order valence-electron chi connectivity index (χ0n) is 11.2. The third-order valence-corrected chi connectivity index (χ3v) is 3.72. The van der Waals surface area contributed by atoms with Crippen molar-refractivity contribution in [2.75, 3.05) is 7.05 Å². The van der Waals surface area contributed by atoms with E-state index < -0.39 is 17.8 Å². The predicted octanol–water partition coefficient (Wildman–Crippen LogP) is 3.88. The van der Waals surface area contributed by atoms with Crippen LogP contribution in [0.2, 0.25) is 0 Å². The van der Waals surface area contributed by atoms with Crippen molar-refractivity contribution < 1.29 is 18.0 Å². The molecular formula is C16H12F3NO. The van der Waals surface area contributed by atoms with Gasteiger partial charge < -0.3 is 4.90 Å². The van der Waals surface area contributed by atoms with Crippen molar-refractivity contribution in [2.24, 2.45) is 0 Å². The Morgan fingerprint density at radius 2 is 1.76 bits per heavy atom. The van der Waals surface area contributed by atoms with Crippen LogP contribution in [0.5, 0.6) is 0 Å². The maximum Gasteiger partial charge on any atom is 0.416 e. The summed E-state index contributed by atoms with van der Waals surface area (Å²) in [6.45, 7) is 0. The summed E-state index contributed by atoms with van der Waals surface area (Å²) in [4.78, 5) is 13.6. The molecule has 0 fully saturated rings. The average molecular weight is 291 g/mol. The van der Waals surface area contributed by atoms with E-state index in [1.165, 1.54) is 11.0 Å². The SMILES string of the molecule is CN1C(=O)c2ccccc2C1c1cccc(C(F)(F)F)c1. The average Bonchev–Trinajstić information content (AvgIpc) is 2.71. The lowest BCUT2D eigenvalue weighted by Crippen LogP contribution is -2.24. The van der Waals surface area contributed by atoms with E-state index in [2.05, 4.69) is 0 Å².